The van der Waals surface area contributed by atoms with Crippen LogP contribution in [0, 0.1) is 0 Å². The van der Waals surface area contributed by atoms with Crippen LogP contribution in [0.25, 0.3) is 0 Å². The van der Waals surface area contributed by atoms with Crippen molar-refractivity contribution in [3.05, 3.63) is 0 Å². The number of aliphatic hydroxyl groups excluding tert-OH is 13. The predicted molar refractivity (Wildman–Crippen MR) is 275 cm³/mol. The van der Waals surface area contributed by atoms with Crippen molar-refractivity contribution in [3.8, 4) is 0 Å². The summed E-state index contributed by atoms with van der Waals surface area (Å²) in [6.07, 6.45) is -45.7. The number of ether oxygens (including phenoxy) is 11. The molecule has 6 heterocycles. The molecule has 0 spiro atoms. The molecule has 30 unspecified atom stereocenters. The first-order valence-electron chi connectivity index (χ1n) is 27.5. The van der Waals surface area contributed by atoms with Gasteiger partial charge in [0, 0.05) is 20.8 Å². The summed E-state index contributed by atoms with van der Waals surface area (Å²) < 4.78 is 102. The van der Waals surface area contributed by atoms with Gasteiger partial charge < -0.3 is 80.1 Å². The number of likely N-dealkylation sites (N-methyl/N-ethyl adjacent to an activating group) is 1. The molecule has 0 saturated carbocycles. The van der Waals surface area contributed by atoms with E-state index in [-0.39, 0.29) is 3.79 Å². The van der Waals surface area contributed by atoms with Crippen molar-refractivity contribution in [3.63, 3.8) is 0 Å². The van der Waals surface area contributed by atoms with Crippen LogP contribution in [0.15, 0.2) is 0 Å². The Balaban J connectivity index is 1.30. The molecule has 4 amide bonds. The van der Waals surface area contributed by atoms with Crippen molar-refractivity contribution in [1.29, 1.82) is 0 Å². The number of aliphatic hydroxyl groups is 13. The first-order chi connectivity index (χ1) is 41.3. The van der Waals surface area contributed by atoms with Gasteiger partial charge in [0.25, 0.3) is 0 Å². The SMILES string of the molecule is COS(=O)(=O)OCC1OC(OC2C(COC3OC(C)C(O)C(O)C3O)OC(O)C(NC(C)=O)C2O)C(NC(C)=O)C(O)C1OC1OC(CO)C(OC2OC(CO)C(OC3OC(CO)C(O)C(O)C3N(C)[I-]C(C)=O)C(O)C2NC(C)=O)C(O)C1NC(C)=O. The molecule has 6 fully saturated rings. The molecule has 40 heteroatoms. The van der Waals surface area contributed by atoms with E-state index in [2.05, 4.69) is 25.5 Å². The van der Waals surface area contributed by atoms with Gasteiger partial charge in [0.05, 0.1) is 26.4 Å². The van der Waals surface area contributed by atoms with Crippen LogP contribution in [-0.2, 0) is 94.8 Å². The van der Waals surface area contributed by atoms with Crippen LogP contribution in [0.3, 0.4) is 0 Å². The van der Waals surface area contributed by atoms with E-state index in [0.29, 0.717) is 0 Å². The van der Waals surface area contributed by atoms with Crippen molar-refractivity contribution < 1.29 is 181 Å². The van der Waals surface area contributed by atoms with Crippen molar-refractivity contribution in [2.75, 3.05) is 47.2 Å². The smallest absolute Gasteiger partial charge is 0.346 e. The first kappa shape index (κ1) is 74.2. The fourth-order valence-corrected chi connectivity index (χ4v) is 13.2. The number of carbonyl (C=O) groups excluding carboxylic acids is 5. The van der Waals surface area contributed by atoms with Gasteiger partial charge >= 0.3 is 240 Å². The molecule has 6 rings (SSSR count). The molecule has 510 valence electrons. The third-order valence-corrected chi connectivity index (χ3v) is 18.0. The number of carbonyl (C=O) groups is 5. The molecular formula is C48H81IN5O33S-. The molecule has 6 saturated heterocycles. The number of hydrogen-bond acceptors (Lipinski definition) is 34. The molecule has 0 aromatic carbocycles. The molecule has 38 nitrogen and oxygen atoms in total. The minimum absolute atomic E-state index is 0.282. The Morgan fingerprint density at radius 1 is 0.466 bits per heavy atom. The molecule has 6 aliphatic rings. The summed E-state index contributed by atoms with van der Waals surface area (Å²) in [6, 6.07) is -8.53. The number of nitrogens with zero attached hydrogens (tertiary/aromatic N) is 1. The molecule has 6 aliphatic heterocycles. The molecule has 30 atom stereocenters. The first-order valence-corrected chi connectivity index (χ1v) is 30.9. The van der Waals surface area contributed by atoms with Crippen LogP contribution in [0.5, 0.6) is 0 Å². The quantitative estimate of drug-likeness (QED) is 0.0229. The summed E-state index contributed by atoms with van der Waals surface area (Å²) in [5.74, 6) is -3.43. The molecule has 17 N–H and O–H groups in total. The fourth-order valence-electron chi connectivity index (χ4n) is 10.8. The van der Waals surface area contributed by atoms with E-state index in [1.165, 1.54) is 24.0 Å². The Morgan fingerprint density at radius 3 is 1.27 bits per heavy atom. The second-order valence-electron chi connectivity index (χ2n) is 21.5. The Hall–Kier alpha value is -2.85. The van der Waals surface area contributed by atoms with Crippen molar-refractivity contribution in [2.45, 2.75) is 225 Å². The molecule has 0 aromatic heterocycles. The van der Waals surface area contributed by atoms with Gasteiger partial charge in [0.2, 0.25) is 17.7 Å². The van der Waals surface area contributed by atoms with E-state index in [1.54, 1.807) is 0 Å². The molecule has 88 heavy (non-hydrogen) atoms. The topological polar surface area (TPSA) is 554 Å². The zero-order valence-corrected chi connectivity index (χ0v) is 51.5. The number of amides is 4. The number of halogens is 1. The molecule has 0 aromatic rings. The van der Waals surface area contributed by atoms with E-state index in [0.717, 1.165) is 34.8 Å². The van der Waals surface area contributed by atoms with E-state index < -0.39 is 272 Å². The van der Waals surface area contributed by atoms with Crippen LogP contribution < -0.4 is 42.7 Å². The Bertz CT molecular complexity index is 2440. The standard InChI is InChI=1S/C48H81IN5O33S/c1-14-30(63)37(70)38(71)48(78-14)76-12-23-41(32(65)25(43(72)79-23)50-16(3)59)85-46-28(53-19(6)62)35(68)42(24(83-46)13-77-88(73,74)75-8)86-45-26(51-17(4)60)33(66)39(21(10-56)81-45)84-44-27(52-18(5)61)34(67)40(22(11-57)82-44)87-47-29(54(7)49-15(2)58)36(69)31(64)20(9-55)80-47/h14,20-48,55-57,63-72H,9-13H2,1-8H3,(H,50,59)(H,51,60)(H,52,61)(H,53,62)/q-1. The van der Waals surface area contributed by atoms with E-state index in [9.17, 15) is 98.8 Å². The van der Waals surface area contributed by atoms with Gasteiger partial charge in [0.15, 0.2) is 25.2 Å². The Labute approximate surface area is 513 Å². The fraction of sp³-hybridized carbons (Fsp3) is 0.896. The van der Waals surface area contributed by atoms with Crippen LogP contribution >= 0.6 is 0 Å². The third kappa shape index (κ3) is 17.9. The zero-order chi connectivity index (χ0) is 65.5. The van der Waals surface area contributed by atoms with Gasteiger partial charge in [-0.1, -0.05) is 0 Å². The Morgan fingerprint density at radius 2 is 0.852 bits per heavy atom. The van der Waals surface area contributed by atoms with Crippen LogP contribution in [-0.4, -0.2) is 336 Å². The van der Waals surface area contributed by atoms with Crippen molar-refractivity contribution >= 4 is 37.8 Å². The number of nitrogens with one attached hydrogen (secondary N) is 4. The number of rotatable bonds is 25. The normalized spacial score (nSPS) is 43.4. The number of hydrogen-bond donors (Lipinski definition) is 17. The minimum Gasteiger partial charge on any atom is -0.346 e. The summed E-state index contributed by atoms with van der Waals surface area (Å²) in [4.78, 5) is 63.2. The van der Waals surface area contributed by atoms with Crippen molar-refractivity contribution in [1.82, 2.24) is 24.4 Å². The maximum atomic E-state index is 13.0. The molecular weight excluding hydrogens is 1330 g/mol. The third-order valence-electron chi connectivity index (χ3n) is 15.0. The van der Waals surface area contributed by atoms with Gasteiger partial charge in [-0.15, -0.1) is 0 Å². The average molecular weight is 1420 g/mol. The maximum absolute atomic E-state index is 13.0. The van der Waals surface area contributed by atoms with E-state index >= 15 is 0 Å². The second-order valence-corrected chi connectivity index (χ2v) is 26.4. The predicted octanol–water partition coefficient (Wildman–Crippen LogP) is -15.1. The second kappa shape index (κ2) is 32.3. The van der Waals surface area contributed by atoms with E-state index in [4.69, 9.17) is 56.3 Å². The summed E-state index contributed by atoms with van der Waals surface area (Å²) in [7, 11) is -2.76. The van der Waals surface area contributed by atoms with Gasteiger partial charge in [-0.3, -0.25) is 18.6 Å². The summed E-state index contributed by atoms with van der Waals surface area (Å²) in [5, 5.41) is 154. The van der Waals surface area contributed by atoms with E-state index in [1.807, 2.05) is 0 Å². The van der Waals surface area contributed by atoms with Crippen LogP contribution in [0.4, 0.5) is 0 Å². The van der Waals surface area contributed by atoms with Gasteiger partial charge in [-0.05, 0) is 6.92 Å². The molecule has 0 aliphatic carbocycles. The van der Waals surface area contributed by atoms with Crippen molar-refractivity contribution in [2.24, 2.45) is 0 Å². The average Bonchev–Trinajstić information content (AvgIpc) is 0.834. The molecule has 0 bridgehead atoms. The monoisotopic (exact) mass is 1410 g/mol. The summed E-state index contributed by atoms with van der Waals surface area (Å²) >= 11 is -1.50. The zero-order valence-electron chi connectivity index (χ0n) is 48.6. The molecule has 0 radical (unpaired) electrons. The summed E-state index contributed by atoms with van der Waals surface area (Å²) in [6.45, 7) is 1.74. The van der Waals surface area contributed by atoms with Crippen LogP contribution in [0.1, 0.15) is 41.5 Å². The summed E-state index contributed by atoms with van der Waals surface area (Å²) in [5.41, 5.74) is 0. The van der Waals surface area contributed by atoms with Crippen LogP contribution in [0.2, 0.25) is 0 Å². The van der Waals surface area contributed by atoms with Gasteiger partial charge in [-0.2, -0.15) is 8.42 Å². The van der Waals surface area contributed by atoms with Gasteiger partial charge in [-0.25, -0.2) is 4.18 Å². The Kier molecular flexibility index (Phi) is 27.3. The van der Waals surface area contributed by atoms with Gasteiger partial charge in [0.1, 0.15) is 67.0 Å². The minimum atomic E-state index is -4.91.